The molecule has 1 unspecified atom stereocenters. The number of thioether (sulfide) groups is 1. The number of hydrogen-bond donors (Lipinski definition) is 2. The van der Waals surface area contributed by atoms with E-state index in [0.29, 0.717) is 11.5 Å². The Hall–Kier alpha value is -3.24. The second kappa shape index (κ2) is 11.8. The maximum atomic E-state index is 13.7. The molecule has 2 aromatic carbocycles. The van der Waals surface area contributed by atoms with Crippen LogP contribution in [0.1, 0.15) is 18.4 Å². The van der Waals surface area contributed by atoms with E-state index in [9.17, 15) is 4.79 Å². The van der Waals surface area contributed by atoms with Gasteiger partial charge in [0.1, 0.15) is 4.75 Å². The molecule has 0 spiro atoms. The monoisotopic (exact) mass is 490 g/mol. The van der Waals surface area contributed by atoms with Gasteiger partial charge >= 0.3 is 11.9 Å². The number of carboxylic acids is 2. The van der Waals surface area contributed by atoms with Gasteiger partial charge in [-0.1, -0.05) is 18.2 Å². The molecule has 1 amide bonds. The lowest BCUT2D eigenvalue weighted by molar-refractivity contribution is -0.159. The van der Waals surface area contributed by atoms with Crippen molar-refractivity contribution in [2.75, 3.05) is 46.8 Å². The van der Waals surface area contributed by atoms with E-state index in [2.05, 4.69) is 25.1 Å². The number of para-hydroxylation sites is 1. The minimum absolute atomic E-state index is 0.0992. The largest absolute Gasteiger partial charge is 0.493 e. The van der Waals surface area contributed by atoms with Gasteiger partial charge in [-0.05, 0) is 63.3 Å². The molecule has 0 saturated heterocycles. The highest BCUT2D eigenvalue weighted by atomic mass is 32.2. The van der Waals surface area contributed by atoms with Gasteiger partial charge < -0.3 is 29.5 Å². The van der Waals surface area contributed by atoms with Crippen molar-refractivity contribution in [2.24, 2.45) is 0 Å². The highest BCUT2D eigenvalue weighted by Gasteiger charge is 2.47. The van der Waals surface area contributed by atoms with Crippen LogP contribution in [-0.4, -0.2) is 74.9 Å². The molecule has 1 atom stereocenters. The SMILES string of the molecule is COc1ccc(C2(CCCN(C)C)Sc3ccccc3N(C)C2=O)cc1OC.O=C(O)C(=O)O. The van der Waals surface area contributed by atoms with Gasteiger partial charge in [0.2, 0.25) is 5.91 Å². The average molecular weight is 491 g/mol. The van der Waals surface area contributed by atoms with Crippen molar-refractivity contribution in [1.82, 2.24) is 4.90 Å². The Kier molecular flexibility index (Phi) is 9.34. The molecule has 2 N–H and O–H groups in total. The second-order valence-corrected chi connectivity index (χ2v) is 9.19. The predicted octanol–water partition coefficient (Wildman–Crippen LogP) is 3.17. The van der Waals surface area contributed by atoms with Crippen molar-refractivity contribution >= 4 is 35.3 Å². The number of carbonyl (C=O) groups is 3. The van der Waals surface area contributed by atoms with Gasteiger partial charge in [-0.25, -0.2) is 9.59 Å². The number of amides is 1. The molecule has 1 aliphatic rings. The fourth-order valence-electron chi connectivity index (χ4n) is 3.65. The standard InChI is InChI=1S/C22H28N2O3S.C2H2O4/c1-23(2)14-8-13-22(16-11-12-18(26-4)19(15-16)27-5)21(25)24(3)17-9-6-7-10-20(17)28-22;3-1(4)2(5)6/h6-7,9-12,15H,8,13-14H2,1-5H3;(H,3,4)(H,5,6). The van der Waals surface area contributed by atoms with Crippen LogP contribution in [0.2, 0.25) is 0 Å². The van der Waals surface area contributed by atoms with E-state index in [0.717, 1.165) is 35.5 Å². The number of nitrogens with zero attached hydrogens (tertiary/aromatic N) is 2. The van der Waals surface area contributed by atoms with Gasteiger partial charge in [0.15, 0.2) is 11.5 Å². The third-order valence-electron chi connectivity index (χ3n) is 5.33. The van der Waals surface area contributed by atoms with E-state index in [4.69, 9.17) is 29.3 Å². The van der Waals surface area contributed by atoms with Crippen LogP contribution in [0, 0.1) is 0 Å². The van der Waals surface area contributed by atoms with E-state index in [1.165, 1.54) is 0 Å². The van der Waals surface area contributed by atoms with E-state index in [-0.39, 0.29) is 5.91 Å². The topological polar surface area (TPSA) is 117 Å². The highest BCUT2D eigenvalue weighted by Crippen LogP contribution is 2.53. The molecule has 10 heteroatoms. The second-order valence-electron chi connectivity index (χ2n) is 7.85. The first kappa shape index (κ1) is 27.0. The molecule has 0 radical (unpaired) electrons. The van der Waals surface area contributed by atoms with Crippen molar-refractivity contribution in [3.05, 3.63) is 48.0 Å². The number of ether oxygens (including phenoxy) is 2. The first-order chi connectivity index (χ1) is 16.1. The summed E-state index contributed by atoms with van der Waals surface area (Å²) in [5, 5.41) is 14.8. The maximum Gasteiger partial charge on any atom is 0.414 e. The summed E-state index contributed by atoms with van der Waals surface area (Å²) in [6.07, 6.45) is 1.65. The maximum absolute atomic E-state index is 13.7. The molecular weight excluding hydrogens is 460 g/mol. The van der Waals surface area contributed by atoms with Crippen LogP contribution in [0.15, 0.2) is 47.4 Å². The summed E-state index contributed by atoms with van der Waals surface area (Å²) in [4.78, 5) is 36.9. The van der Waals surface area contributed by atoms with Gasteiger partial charge in [-0.15, -0.1) is 11.8 Å². The zero-order chi connectivity index (χ0) is 25.5. The van der Waals surface area contributed by atoms with E-state index < -0.39 is 16.7 Å². The van der Waals surface area contributed by atoms with E-state index >= 15 is 0 Å². The summed E-state index contributed by atoms with van der Waals surface area (Å²) in [6, 6.07) is 13.9. The third-order valence-corrected chi connectivity index (χ3v) is 6.86. The molecule has 0 fully saturated rings. The molecule has 2 aromatic rings. The summed E-state index contributed by atoms with van der Waals surface area (Å²) < 4.78 is 10.2. The Morgan fingerprint density at radius 3 is 2.21 bits per heavy atom. The van der Waals surface area contributed by atoms with Crippen LogP contribution >= 0.6 is 11.8 Å². The van der Waals surface area contributed by atoms with Crippen LogP contribution in [0.3, 0.4) is 0 Å². The first-order valence-corrected chi connectivity index (χ1v) is 11.3. The summed E-state index contributed by atoms with van der Waals surface area (Å²) in [6.45, 7) is 0.925. The Labute approximate surface area is 203 Å². The fourth-order valence-corrected chi connectivity index (χ4v) is 5.20. The van der Waals surface area contributed by atoms with E-state index in [1.54, 1.807) is 30.9 Å². The van der Waals surface area contributed by atoms with Gasteiger partial charge in [0.25, 0.3) is 0 Å². The zero-order valence-corrected chi connectivity index (χ0v) is 20.7. The Morgan fingerprint density at radius 1 is 1.03 bits per heavy atom. The molecule has 184 valence electrons. The normalized spacial score (nSPS) is 16.9. The smallest absolute Gasteiger partial charge is 0.414 e. The molecule has 0 saturated carbocycles. The van der Waals surface area contributed by atoms with Crippen LogP contribution in [-0.2, 0) is 19.1 Å². The number of methoxy groups -OCH3 is 2. The summed E-state index contributed by atoms with van der Waals surface area (Å²) in [7, 11) is 9.22. The molecule has 0 bridgehead atoms. The van der Waals surface area contributed by atoms with E-state index in [1.807, 2.05) is 43.4 Å². The van der Waals surface area contributed by atoms with Crippen molar-refractivity contribution < 1.29 is 34.1 Å². The number of carbonyl (C=O) groups excluding carboxylic acids is 1. The van der Waals surface area contributed by atoms with Crippen molar-refractivity contribution in [3.8, 4) is 11.5 Å². The van der Waals surface area contributed by atoms with Gasteiger partial charge in [-0.2, -0.15) is 0 Å². The molecule has 34 heavy (non-hydrogen) atoms. The molecular formula is C24H30N2O7S. The van der Waals surface area contributed by atoms with Crippen LogP contribution in [0.5, 0.6) is 11.5 Å². The van der Waals surface area contributed by atoms with Gasteiger partial charge in [-0.3, -0.25) is 4.79 Å². The third kappa shape index (κ3) is 6.00. The van der Waals surface area contributed by atoms with Crippen molar-refractivity contribution in [1.29, 1.82) is 0 Å². The zero-order valence-electron chi connectivity index (χ0n) is 19.9. The lowest BCUT2D eigenvalue weighted by Gasteiger charge is -2.41. The first-order valence-electron chi connectivity index (χ1n) is 10.5. The summed E-state index contributed by atoms with van der Waals surface area (Å²) in [5.41, 5.74) is 1.90. The van der Waals surface area contributed by atoms with Crippen LogP contribution in [0.4, 0.5) is 5.69 Å². The molecule has 0 aliphatic carbocycles. The highest BCUT2D eigenvalue weighted by molar-refractivity contribution is 8.01. The number of fused-ring (bicyclic) bond motifs is 1. The minimum Gasteiger partial charge on any atom is -0.493 e. The fraction of sp³-hybridized carbons (Fsp3) is 0.375. The molecule has 0 aromatic heterocycles. The summed E-state index contributed by atoms with van der Waals surface area (Å²) in [5.74, 6) is -2.24. The Bertz CT molecular complexity index is 1030. The van der Waals surface area contributed by atoms with Crippen LogP contribution < -0.4 is 14.4 Å². The number of carboxylic acid groups (broad SMARTS) is 2. The molecule has 1 heterocycles. The van der Waals surface area contributed by atoms with Crippen molar-refractivity contribution in [3.63, 3.8) is 0 Å². The average Bonchev–Trinajstić information content (AvgIpc) is 2.81. The molecule has 9 nitrogen and oxygen atoms in total. The molecule has 1 aliphatic heterocycles. The number of likely N-dealkylation sites (N-methyl/N-ethyl adjacent to an activating group) is 1. The Morgan fingerprint density at radius 2 is 1.65 bits per heavy atom. The number of anilines is 1. The predicted molar refractivity (Wildman–Crippen MR) is 130 cm³/mol. The Balaban J connectivity index is 0.000000604. The number of aliphatic carboxylic acids is 2. The summed E-state index contributed by atoms with van der Waals surface area (Å²) >= 11 is 1.65. The quantitative estimate of drug-likeness (QED) is 0.565. The lowest BCUT2D eigenvalue weighted by Crippen LogP contribution is -2.46. The lowest BCUT2D eigenvalue weighted by atomic mass is 9.90. The van der Waals surface area contributed by atoms with Gasteiger partial charge in [0, 0.05) is 11.9 Å². The molecule has 3 rings (SSSR count). The van der Waals surface area contributed by atoms with Gasteiger partial charge in [0.05, 0.1) is 19.9 Å². The van der Waals surface area contributed by atoms with Crippen molar-refractivity contribution in [2.45, 2.75) is 22.5 Å². The number of hydrogen-bond acceptors (Lipinski definition) is 7. The minimum atomic E-state index is -1.82. The number of benzene rings is 2. The van der Waals surface area contributed by atoms with Crippen LogP contribution in [0.25, 0.3) is 0 Å². The number of rotatable bonds is 7.